The predicted molar refractivity (Wildman–Crippen MR) is 123 cm³/mol. The molecule has 2 amide bonds. The zero-order valence-corrected chi connectivity index (χ0v) is 18.3. The summed E-state index contributed by atoms with van der Waals surface area (Å²) in [6, 6.07) is 12.1. The first kappa shape index (κ1) is 19.4. The lowest BCUT2D eigenvalue weighted by atomic mass is 10.1. The molecular formula is C23H21N5O2S. The van der Waals surface area contributed by atoms with Crippen LogP contribution in [0.15, 0.2) is 48.8 Å². The highest BCUT2D eigenvalue weighted by atomic mass is 32.1. The molecule has 1 aliphatic rings. The van der Waals surface area contributed by atoms with Gasteiger partial charge in [-0.1, -0.05) is 18.2 Å². The number of amides is 2. The summed E-state index contributed by atoms with van der Waals surface area (Å²) in [5.74, 6) is 0.264. The van der Waals surface area contributed by atoms with Gasteiger partial charge in [-0.2, -0.15) is 0 Å². The maximum Gasteiger partial charge on any atom is 0.238 e. The number of thiophene rings is 1. The summed E-state index contributed by atoms with van der Waals surface area (Å²) in [5, 5.41) is 2.84. The summed E-state index contributed by atoms with van der Waals surface area (Å²) in [6.45, 7) is 5.97. The molecule has 4 aromatic rings. The number of hydrogen-bond donors (Lipinski definition) is 0. The number of pyridine rings is 1. The Morgan fingerprint density at radius 1 is 1.00 bits per heavy atom. The maximum atomic E-state index is 12.5. The van der Waals surface area contributed by atoms with Gasteiger partial charge in [0.2, 0.25) is 17.8 Å². The minimum absolute atomic E-state index is 0.100. The molecule has 0 bridgehead atoms. The van der Waals surface area contributed by atoms with Crippen LogP contribution in [0, 0.1) is 6.92 Å². The number of aromatic nitrogens is 3. The van der Waals surface area contributed by atoms with Crippen molar-refractivity contribution in [3.8, 4) is 21.8 Å². The Morgan fingerprint density at radius 3 is 2.42 bits per heavy atom. The van der Waals surface area contributed by atoms with Gasteiger partial charge in [-0.05, 0) is 36.1 Å². The summed E-state index contributed by atoms with van der Waals surface area (Å²) in [6.07, 6.45) is 3.45. The Labute approximate surface area is 183 Å². The van der Waals surface area contributed by atoms with E-state index in [2.05, 4.69) is 24.0 Å². The van der Waals surface area contributed by atoms with Crippen molar-refractivity contribution in [1.29, 1.82) is 0 Å². The Morgan fingerprint density at radius 2 is 1.74 bits per heavy atom. The van der Waals surface area contributed by atoms with Gasteiger partial charge in [0.05, 0.1) is 11.4 Å². The van der Waals surface area contributed by atoms with E-state index < -0.39 is 0 Å². The molecule has 0 atom stereocenters. The van der Waals surface area contributed by atoms with Crippen molar-refractivity contribution in [2.75, 3.05) is 23.0 Å². The van der Waals surface area contributed by atoms with Crippen LogP contribution in [0.3, 0.4) is 0 Å². The Hall–Kier alpha value is -3.52. The molecule has 0 radical (unpaired) electrons. The fourth-order valence-electron chi connectivity index (χ4n) is 4.12. The van der Waals surface area contributed by atoms with E-state index in [1.807, 2.05) is 24.3 Å². The smallest absolute Gasteiger partial charge is 0.238 e. The number of hydrogen-bond acceptors (Lipinski definition) is 5. The van der Waals surface area contributed by atoms with Gasteiger partial charge >= 0.3 is 0 Å². The summed E-state index contributed by atoms with van der Waals surface area (Å²) >= 11 is 1.67. The van der Waals surface area contributed by atoms with Gasteiger partial charge in [-0.15, -0.1) is 11.3 Å². The van der Waals surface area contributed by atoms with Crippen LogP contribution in [-0.2, 0) is 9.59 Å². The SMILES string of the molecule is CC(=O)N1CCN(C(C)=O)n2c1nc(-c1sc3ccccc3c1C)c2-c1ccncc1. The number of fused-ring (bicyclic) bond motifs is 2. The zero-order valence-electron chi connectivity index (χ0n) is 17.5. The third-order valence-electron chi connectivity index (χ3n) is 5.61. The molecule has 1 aliphatic heterocycles. The molecule has 0 spiro atoms. The van der Waals surface area contributed by atoms with Crippen LogP contribution in [-0.4, -0.2) is 39.5 Å². The van der Waals surface area contributed by atoms with Gasteiger partial charge < -0.3 is 0 Å². The lowest BCUT2D eigenvalue weighted by molar-refractivity contribution is -0.119. The van der Waals surface area contributed by atoms with E-state index in [0.717, 1.165) is 27.4 Å². The van der Waals surface area contributed by atoms with Crippen molar-refractivity contribution < 1.29 is 9.59 Å². The van der Waals surface area contributed by atoms with E-state index in [4.69, 9.17) is 4.98 Å². The van der Waals surface area contributed by atoms with Crippen LogP contribution in [0.1, 0.15) is 19.4 Å². The molecule has 1 aromatic carbocycles. The molecule has 5 rings (SSSR count). The minimum Gasteiger partial charge on any atom is -0.279 e. The van der Waals surface area contributed by atoms with E-state index in [-0.39, 0.29) is 11.8 Å². The average Bonchev–Trinajstić information content (AvgIpc) is 3.32. The van der Waals surface area contributed by atoms with E-state index in [1.54, 1.807) is 38.3 Å². The monoisotopic (exact) mass is 431 g/mol. The number of anilines is 1. The summed E-state index contributed by atoms with van der Waals surface area (Å²) in [5.41, 5.74) is 3.57. The second-order valence-electron chi connectivity index (χ2n) is 7.52. The molecule has 8 heteroatoms. The molecule has 0 saturated heterocycles. The van der Waals surface area contributed by atoms with E-state index in [9.17, 15) is 9.59 Å². The quantitative estimate of drug-likeness (QED) is 0.481. The Bertz CT molecular complexity index is 1320. The predicted octanol–water partition coefficient (Wildman–Crippen LogP) is 3.99. The Balaban J connectivity index is 1.87. The van der Waals surface area contributed by atoms with Crippen LogP contribution in [0.25, 0.3) is 31.9 Å². The number of rotatable bonds is 2. The van der Waals surface area contributed by atoms with Gasteiger partial charge in [0.1, 0.15) is 11.4 Å². The number of carbonyl (C=O) groups excluding carboxylic acids is 2. The third-order valence-corrected chi connectivity index (χ3v) is 6.89. The van der Waals surface area contributed by atoms with Crippen molar-refractivity contribution in [2.24, 2.45) is 0 Å². The maximum absolute atomic E-state index is 12.5. The van der Waals surface area contributed by atoms with Crippen LogP contribution in [0.5, 0.6) is 0 Å². The lowest BCUT2D eigenvalue weighted by Crippen LogP contribution is -2.52. The van der Waals surface area contributed by atoms with Crippen LogP contribution in [0.4, 0.5) is 5.95 Å². The number of aryl methyl sites for hydroxylation is 1. The minimum atomic E-state index is -0.102. The van der Waals surface area contributed by atoms with Gasteiger partial charge in [0, 0.05) is 43.0 Å². The van der Waals surface area contributed by atoms with Crippen LogP contribution < -0.4 is 9.91 Å². The molecule has 31 heavy (non-hydrogen) atoms. The fraction of sp³-hybridized carbons (Fsp3) is 0.217. The van der Waals surface area contributed by atoms with Gasteiger partial charge in [-0.25, -0.2) is 14.7 Å². The number of nitrogens with zero attached hydrogens (tertiary/aromatic N) is 5. The average molecular weight is 432 g/mol. The first-order valence-corrected chi connectivity index (χ1v) is 10.9. The summed E-state index contributed by atoms with van der Waals surface area (Å²) < 4.78 is 2.97. The standard InChI is InChI=1S/C23H21N5O2S/c1-14-18-6-4-5-7-19(18)31-22(14)20-21(17-8-10-24-11-9-17)28-23(25-20)26(15(2)29)12-13-27(28)16(3)30/h4-11H,12-13H2,1-3H3. The fourth-order valence-corrected chi connectivity index (χ4v) is 5.32. The second-order valence-corrected chi connectivity index (χ2v) is 8.57. The molecule has 156 valence electrons. The molecule has 0 aliphatic carbocycles. The van der Waals surface area contributed by atoms with Crippen molar-refractivity contribution >= 4 is 39.2 Å². The number of carbonyl (C=O) groups is 2. The van der Waals surface area contributed by atoms with Crippen molar-refractivity contribution in [3.05, 3.63) is 54.4 Å². The molecule has 0 unspecified atom stereocenters. The Kier molecular flexibility index (Phi) is 4.59. The lowest BCUT2D eigenvalue weighted by Gasteiger charge is -2.35. The third kappa shape index (κ3) is 3.02. The molecule has 3 aromatic heterocycles. The highest BCUT2D eigenvalue weighted by Gasteiger charge is 2.34. The van der Waals surface area contributed by atoms with Gasteiger partial charge in [0.15, 0.2) is 0 Å². The summed E-state index contributed by atoms with van der Waals surface area (Å²) in [7, 11) is 0. The highest BCUT2D eigenvalue weighted by Crippen LogP contribution is 2.44. The normalized spacial score (nSPS) is 13.5. The van der Waals surface area contributed by atoms with E-state index >= 15 is 0 Å². The molecule has 0 N–H and O–H groups in total. The van der Waals surface area contributed by atoms with Crippen molar-refractivity contribution in [1.82, 2.24) is 14.6 Å². The molecule has 7 nitrogen and oxygen atoms in total. The van der Waals surface area contributed by atoms with E-state index in [1.165, 1.54) is 23.9 Å². The summed E-state index contributed by atoms with van der Waals surface area (Å²) in [4.78, 5) is 36.7. The second kappa shape index (κ2) is 7.31. The molecule has 0 saturated carbocycles. The topological polar surface area (TPSA) is 71.3 Å². The number of benzene rings is 1. The van der Waals surface area contributed by atoms with Crippen molar-refractivity contribution in [3.63, 3.8) is 0 Å². The first-order chi connectivity index (χ1) is 15.0. The first-order valence-electron chi connectivity index (χ1n) is 10.1. The molecule has 4 heterocycles. The van der Waals surface area contributed by atoms with Gasteiger partial charge in [-0.3, -0.25) is 19.5 Å². The number of imidazole rings is 1. The largest absolute Gasteiger partial charge is 0.279 e. The van der Waals surface area contributed by atoms with E-state index in [0.29, 0.717) is 19.0 Å². The zero-order chi connectivity index (χ0) is 21.7. The van der Waals surface area contributed by atoms with Crippen LogP contribution >= 0.6 is 11.3 Å². The van der Waals surface area contributed by atoms with Crippen molar-refractivity contribution in [2.45, 2.75) is 20.8 Å². The van der Waals surface area contributed by atoms with Gasteiger partial charge in [0.25, 0.3) is 0 Å². The van der Waals surface area contributed by atoms with Crippen LogP contribution in [0.2, 0.25) is 0 Å². The molecule has 0 fully saturated rings. The molecular weight excluding hydrogens is 410 g/mol. The highest BCUT2D eigenvalue weighted by molar-refractivity contribution is 7.22.